The van der Waals surface area contributed by atoms with Crippen molar-refractivity contribution in [3.63, 3.8) is 0 Å². The molecule has 1 aromatic rings. The molecule has 4 nitrogen and oxygen atoms in total. The van der Waals surface area contributed by atoms with E-state index < -0.39 is 0 Å². The van der Waals surface area contributed by atoms with Gasteiger partial charge in [-0.25, -0.2) is 0 Å². The Labute approximate surface area is 121 Å². The fraction of sp³-hybridized carbons (Fsp3) is 0.786. The maximum atomic E-state index is 6.33. The van der Waals surface area contributed by atoms with Gasteiger partial charge in [-0.2, -0.15) is 5.10 Å². The summed E-state index contributed by atoms with van der Waals surface area (Å²) in [7, 11) is 0. The highest BCUT2D eigenvalue weighted by molar-refractivity contribution is 6.31. The second-order valence-electron chi connectivity index (χ2n) is 5.01. The lowest BCUT2D eigenvalue weighted by Gasteiger charge is -2.27. The lowest BCUT2D eigenvalue weighted by molar-refractivity contribution is 0.0446. The van der Waals surface area contributed by atoms with Gasteiger partial charge in [-0.3, -0.25) is 4.68 Å². The molecule has 19 heavy (non-hydrogen) atoms. The highest BCUT2D eigenvalue weighted by atomic mass is 35.5. The summed E-state index contributed by atoms with van der Waals surface area (Å²) in [6.07, 6.45) is 2.85. The third kappa shape index (κ3) is 4.20. The molecule has 0 radical (unpaired) electrons. The molecule has 1 aromatic heterocycles. The Morgan fingerprint density at radius 1 is 1.37 bits per heavy atom. The first-order valence-electron chi connectivity index (χ1n) is 7.10. The Bertz CT molecular complexity index is 379. The number of rotatable bonds is 8. The molecule has 0 fully saturated rings. The predicted octanol–water partition coefficient (Wildman–Crippen LogP) is 3.58. The van der Waals surface area contributed by atoms with E-state index in [0.717, 1.165) is 18.7 Å². The molecule has 1 N–H and O–H groups in total. The summed E-state index contributed by atoms with van der Waals surface area (Å²) < 4.78 is 7.73. The van der Waals surface area contributed by atoms with Gasteiger partial charge in [0.15, 0.2) is 0 Å². The number of hydrogen-bond donors (Lipinski definition) is 1. The molecule has 2 atom stereocenters. The first kappa shape index (κ1) is 16.5. The number of aromatic nitrogens is 2. The quantitative estimate of drug-likeness (QED) is 0.794. The van der Waals surface area contributed by atoms with Gasteiger partial charge in [-0.05, 0) is 40.7 Å². The van der Waals surface area contributed by atoms with E-state index in [9.17, 15) is 0 Å². The predicted molar refractivity (Wildman–Crippen MR) is 79.7 cm³/mol. The minimum absolute atomic E-state index is 0.0586. The van der Waals surface area contributed by atoms with Gasteiger partial charge in [0.05, 0.1) is 29.1 Å². The fourth-order valence-electron chi connectivity index (χ4n) is 2.20. The molecule has 2 unspecified atom stereocenters. The number of ether oxygens (including phenoxy) is 1. The van der Waals surface area contributed by atoms with Gasteiger partial charge < -0.3 is 10.1 Å². The maximum absolute atomic E-state index is 6.33. The molecule has 0 aliphatic carbocycles. The first-order chi connectivity index (χ1) is 9.02. The fourth-order valence-corrected chi connectivity index (χ4v) is 2.44. The van der Waals surface area contributed by atoms with Gasteiger partial charge in [0, 0.05) is 12.6 Å². The van der Waals surface area contributed by atoms with Gasteiger partial charge in [0.25, 0.3) is 0 Å². The highest BCUT2D eigenvalue weighted by Crippen LogP contribution is 2.28. The molecule has 110 valence electrons. The summed E-state index contributed by atoms with van der Waals surface area (Å²) >= 11 is 6.33. The highest BCUT2D eigenvalue weighted by Gasteiger charge is 2.26. The van der Waals surface area contributed by atoms with Crippen LogP contribution in [0.1, 0.15) is 58.8 Å². The zero-order valence-electron chi connectivity index (χ0n) is 12.6. The first-order valence-corrected chi connectivity index (χ1v) is 7.48. The zero-order chi connectivity index (χ0) is 14.4. The average Bonchev–Trinajstić information content (AvgIpc) is 2.73. The molecule has 0 aromatic carbocycles. The number of nitrogens with zero attached hydrogens (tertiary/aromatic N) is 2. The van der Waals surface area contributed by atoms with Crippen LogP contribution in [0.2, 0.25) is 5.02 Å². The topological polar surface area (TPSA) is 39.1 Å². The molecule has 0 spiro atoms. The molecule has 0 bridgehead atoms. The van der Waals surface area contributed by atoms with Gasteiger partial charge in [0.1, 0.15) is 0 Å². The van der Waals surface area contributed by atoms with Crippen molar-refractivity contribution in [2.24, 2.45) is 0 Å². The van der Waals surface area contributed by atoms with Crippen molar-refractivity contribution < 1.29 is 4.74 Å². The minimum atomic E-state index is 0.0586. The summed E-state index contributed by atoms with van der Waals surface area (Å²) in [5.41, 5.74) is 1.02. The molecule has 1 rings (SSSR count). The van der Waals surface area contributed by atoms with Gasteiger partial charge in [0.2, 0.25) is 0 Å². The zero-order valence-corrected chi connectivity index (χ0v) is 13.4. The van der Waals surface area contributed by atoms with E-state index >= 15 is 0 Å². The Hall–Kier alpha value is -0.580. The summed E-state index contributed by atoms with van der Waals surface area (Å²) in [5.74, 6) is 0. The van der Waals surface area contributed by atoms with E-state index in [1.54, 1.807) is 6.20 Å². The summed E-state index contributed by atoms with van der Waals surface area (Å²) in [6, 6.07) is 0.347. The van der Waals surface area contributed by atoms with E-state index in [1.807, 2.05) is 11.6 Å². The van der Waals surface area contributed by atoms with Crippen LogP contribution in [0.15, 0.2) is 6.20 Å². The van der Waals surface area contributed by atoms with Crippen molar-refractivity contribution in [1.82, 2.24) is 15.1 Å². The number of halogens is 1. The van der Waals surface area contributed by atoms with Crippen LogP contribution in [0.5, 0.6) is 0 Å². The van der Waals surface area contributed by atoms with Crippen LogP contribution in [0, 0.1) is 0 Å². The lowest BCUT2D eigenvalue weighted by atomic mass is 10.1. The van der Waals surface area contributed by atoms with E-state index in [4.69, 9.17) is 16.3 Å². The molecule has 0 saturated carbocycles. The van der Waals surface area contributed by atoms with Crippen molar-refractivity contribution >= 4 is 11.6 Å². The SMILES string of the molecule is CCCNC(c1c(Cl)cnn1C(C)C)C(C)OCC. The van der Waals surface area contributed by atoms with Crippen molar-refractivity contribution in [3.8, 4) is 0 Å². The Morgan fingerprint density at radius 2 is 2.05 bits per heavy atom. The normalized spacial score (nSPS) is 14.9. The van der Waals surface area contributed by atoms with Crippen molar-refractivity contribution in [2.75, 3.05) is 13.2 Å². The molecule has 0 saturated heterocycles. The van der Waals surface area contributed by atoms with Crippen molar-refractivity contribution in [2.45, 2.75) is 59.2 Å². The Balaban J connectivity index is 3.05. The van der Waals surface area contributed by atoms with Crippen LogP contribution >= 0.6 is 11.6 Å². The molecule has 5 heteroatoms. The van der Waals surface area contributed by atoms with Crippen LogP contribution in [0.4, 0.5) is 0 Å². The summed E-state index contributed by atoms with van der Waals surface area (Å²) in [6.45, 7) is 12.1. The summed E-state index contributed by atoms with van der Waals surface area (Å²) in [4.78, 5) is 0. The van der Waals surface area contributed by atoms with Crippen molar-refractivity contribution in [3.05, 3.63) is 16.9 Å². The average molecular weight is 288 g/mol. The Morgan fingerprint density at radius 3 is 2.58 bits per heavy atom. The molecule has 0 aliphatic rings. The lowest BCUT2D eigenvalue weighted by Crippen LogP contribution is -2.35. The molecular formula is C14H26ClN3O. The standard InChI is InChI=1S/C14H26ClN3O/c1-6-8-16-13(11(5)19-7-2)14-12(15)9-17-18(14)10(3)4/h9-11,13,16H,6-8H2,1-5H3. The molecule has 0 amide bonds. The third-order valence-electron chi connectivity index (χ3n) is 3.08. The van der Waals surface area contributed by atoms with Crippen LogP contribution in [0.25, 0.3) is 0 Å². The monoisotopic (exact) mass is 287 g/mol. The van der Waals surface area contributed by atoms with Crippen LogP contribution in [-0.4, -0.2) is 29.0 Å². The number of nitrogens with one attached hydrogen (secondary N) is 1. The smallest absolute Gasteiger partial charge is 0.0835 e. The van der Waals surface area contributed by atoms with Crippen LogP contribution < -0.4 is 5.32 Å². The van der Waals surface area contributed by atoms with E-state index in [2.05, 4.69) is 38.1 Å². The molecule has 0 aliphatic heterocycles. The molecular weight excluding hydrogens is 262 g/mol. The number of hydrogen-bond acceptors (Lipinski definition) is 3. The van der Waals surface area contributed by atoms with Crippen molar-refractivity contribution in [1.29, 1.82) is 0 Å². The van der Waals surface area contributed by atoms with E-state index in [1.165, 1.54) is 0 Å². The Kier molecular flexibility index (Phi) is 6.83. The second-order valence-corrected chi connectivity index (χ2v) is 5.42. The second kappa shape index (κ2) is 7.88. The molecule has 1 heterocycles. The largest absolute Gasteiger partial charge is 0.377 e. The van der Waals surface area contributed by atoms with Gasteiger partial charge in [-0.1, -0.05) is 18.5 Å². The maximum Gasteiger partial charge on any atom is 0.0835 e. The van der Waals surface area contributed by atoms with Gasteiger partial charge in [-0.15, -0.1) is 0 Å². The van der Waals surface area contributed by atoms with E-state index in [-0.39, 0.29) is 18.2 Å². The van der Waals surface area contributed by atoms with Crippen LogP contribution in [-0.2, 0) is 4.74 Å². The third-order valence-corrected chi connectivity index (χ3v) is 3.38. The van der Waals surface area contributed by atoms with Crippen LogP contribution in [0.3, 0.4) is 0 Å². The van der Waals surface area contributed by atoms with Gasteiger partial charge >= 0.3 is 0 Å². The minimum Gasteiger partial charge on any atom is -0.377 e. The summed E-state index contributed by atoms with van der Waals surface area (Å²) in [5, 5.41) is 8.60. The van der Waals surface area contributed by atoms with E-state index in [0.29, 0.717) is 11.6 Å².